The number of hydrogen-bond acceptors (Lipinski definition) is 4. The molecule has 3 heterocycles. The van der Waals surface area contributed by atoms with Gasteiger partial charge in [0.15, 0.2) is 0 Å². The highest BCUT2D eigenvalue weighted by atomic mass is 16.5. The fourth-order valence-electron chi connectivity index (χ4n) is 4.40. The number of carbonyl (C=O) groups excluding carboxylic acids is 3. The molecule has 3 amide bonds. The lowest BCUT2D eigenvalue weighted by Gasteiger charge is -2.48. The van der Waals surface area contributed by atoms with Gasteiger partial charge in [-0.05, 0) is 25.7 Å². The van der Waals surface area contributed by atoms with E-state index in [0.717, 1.165) is 32.2 Å². The lowest BCUT2D eigenvalue weighted by atomic mass is 9.73. The Morgan fingerprint density at radius 2 is 1.84 bits per heavy atom. The van der Waals surface area contributed by atoms with Crippen LogP contribution in [0.5, 0.6) is 0 Å². The molecule has 0 aliphatic carbocycles. The number of piperidine rings is 2. The lowest BCUT2D eigenvalue weighted by molar-refractivity contribution is -0.145. The van der Waals surface area contributed by atoms with Crippen molar-refractivity contribution in [3.8, 4) is 0 Å². The van der Waals surface area contributed by atoms with Crippen LogP contribution in [0.3, 0.4) is 0 Å². The molecule has 3 aliphatic rings. The fraction of sp³-hybridized carbons (Fsp3) is 0.833. The van der Waals surface area contributed by atoms with E-state index in [9.17, 15) is 14.4 Å². The number of ether oxygens (including phenoxy) is 1. The van der Waals surface area contributed by atoms with Crippen LogP contribution in [0, 0.1) is 5.41 Å². The summed E-state index contributed by atoms with van der Waals surface area (Å²) in [6, 6.07) is 0. The van der Waals surface area contributed by atoms with Gasteiger partial charge in [-0.3, -0.25) is 14.4 Å². The fourth-order valence-corrected chi connectivity index (χ4v) is 4.40. The van der Waals surface area contributed by atoms with Gasteiger partial charge in [-0.25, -0.2) is 0 Å². The molecule has 1 spiro atoms. The van der Waals surface area contributed by atoms with E-state index in [1.54, 1.807) is 12.0 Å². The third kappa shape index (κ3) is 4.14. The van der Waals surface area contributed by atoms with Gasteiger partial charge in [-0.1, -0.05) is 0 Å². The Hall–Kier alpha value is -1.63. The zero-order chi connectivity index (χ0) is 17.9. The Morgan fingerprint density at radius 3 is 2.56 bits per heavy atom. The summed E-state index contributed by atoms with van der Waals surface area (Å²) in [5, 5.41) is 0. The van der Waals surface area contributed by atoms with Crippen molar-refractivity contribution in [1.29, 1.82) is 0 Å². The molecule has 0 N–H and O–H groups in total. The molecule has 0 radical (unpaired) electrons. The molecule has 7 nitrogen and oxygen atoms in total. The number of methoxy groups -OCH3 is 1. The minimum absolute atomic E-state index is 0.00454. The summed E-state index contributed by atoms with van der Waals surface area (Å²) in [6.45, 7) is 4.24. The normalized spacial score (nSPS) is 27.5. The highest BCUT2D eigenvalue weighted by molar-refractivity contribution is 5.86. The number of hydrogen-bond donors (Lipinski definition) is 0. The summed E-state index contributed by atoms with van der Waals surface area (Å²) in [4.78, 5) is 42.1. The van der Waals surface area contributed by atoms with Crippen molar-refractivity contribution in [2.75, 3.05) is 53.0 Å². The highest BCUT2D eigenvalue weighted by Gasteiger charge is 2.42. The number of rotatable bonds is 5. The van der Waals surface area contributed by atoms with Gasteiger partial charge in [0, 0.05) is 58.1 Å². The molecule has 0 bridgehead atoms. The third-order valence-corrected chi connectivity index (χ3v) is 5.83. The van der Waals surface area contributed by atoms with Crippen LogP contribution < -0.4 is 0 Å². The molecule has 0 unspecified atom stereocenters. The third-order valence-electron chi connectivity index (χ3n) is 5.83. The van der Waals surface area contributed by atoms with Gasteiger partial charge < -0.3 is 19.4 Å². The number of carbonyl (C=O) groups is 3. The van der Waals surface area contributed by atoms with Crippen LogP contribution in [0.2, 0.25) is 0 Å². The van der Waals surface area contributed by atoms with Crippen molar-refractivity contribution in [3.05, 3.63) is 0 Å². The first-order valence-electron chi connectivity index (χ1n) is 9.35. The average Bonchev–Trinajstić information content (AvgIpc) is 3.01. The summed E-state index contributed by atoms with van der Waals surface area (Å²) in [7, 11) is 1.64. The van der Waals surface area contributed by atoms with Crippen molar-refractivity contribution < 1.29 is 19.1 Å². The van der Waals surface area contributed by atoms with E-state index in [1.165, 1.54) is 0 Å². The van der Waals surface area contributed by atoms with E-state index in [0.29, 0.717) is 45.6 Å². The highest BCUT2D eigenvalue weighted by Crippen LogP contribution is 2.38. The smallest absolute Gasteiger partial charge is 0.242 e. The number of nitrogens with zero attached hydrogens (tertiary/aromatic N) is 3. The summed E-state index contributed by atoms with van der Waals surface area (Å²) >= 11 is 0. The van der Waals surface area contributed by atoms with Crippen molar-refractivity contribution in [2.24, 2.45) is 5.41 Å². The van der Waals surface area contributed by atoms with Crippen LogP contribution in [-0.4, -0.2) is 85.4 Å². The molecule has 3 saturated heterocycles. The van der Waals surface area contributed by atoms with Crippen LogP contribution >= 0.6 is 0 Å². The maximum absolute atomic E-state index is 12.7. The van der Waals surface area contributed by atoms with Gasteiger partial charge >= 0.3 is 0 Å². The Balaban J connectivity index is 1.60. The molecule has 3 rings (SSSR count). The second-order valence-corrected chi connectivity index (χ2v) is 7.65. The van der Waals surface area contributed by atoms with Gasteiger partial charge in [0.1, 0.15) is 0 Å². The maximum Gasteiger partial charge on any atom is 0.242 e. The Bertz CT molecular complexity index is 538. The molecule has 3 aliphatic heterocycles. The van der Waals surface area contributed by atoms with Gasteiger partial charge in [-0.2, -0.15) is 0 Å². The topological polar surface area (TPSA) is 70.2 Å². The zero-order valence-corrected chi connectivity index (χ0v) is 15.2. The van der Waals surface area contributed by atoms with E-state index in [2.05, 4.69) is 0 Å². The van der Waals surface area contributed by atoms with Crippen LogP contribution in [0.1, 0.15) is 38.5 Å². The van der Waals surface area contributed by atoms with Crippen molar-refractivity contribution >= 4 is 17.7 Å². The predicted molar refractivity (Wildman–Crippen MR) is 91.8 cm³/mol. The standard InChI is InChI=1S/C18H29N3O4/c1-25-11-10-21-14-18(7-5-16(21)23)6-3-9-20(13-18)17(24)12-19-8-2-4-15(19)22/h2-14H2,1H3/t18-/m1/s1. The molecule has 1 atom stereocenters. The van der Waals surface area contributed by atoms with Gasteiger partial charge in [0.05, 0.1) is 13.2 Å². The van der Waals surface area contributed by atoms with E-state index in [-0.39, 0.29) is 29.7 Å². The Morgan fingerprint density at radius 1 is 1.04 bits per heavy atom. The molecule has 140 valence electrons. The van der Waals surface area contributed by atoms with Crippen LogP contribution in [0.25, 0.3) is 0 Å². The van der Waals surface area contributed by atoms with Gasteiger partial charge in [0.2, 0.25) is 17.7 Å². The molecule has 0 aromatic rings. The Labute approximate surface area is 149 Å². The Kier molecular flexibility index (Phi) is 5.61. The monoisotopic (exact) mass is 351 g/mol. The van der Waals surface area contributed by atoms with Crippen molar-refractivity contribution in [3.63, 3.8) is 0 Å². The first kappa shape index (κ1) is 18.2. The summed E-state index contributed by atoms with van der Waals surface area (Å²) < 4.78 is 5.12. The largest absolute Gasteiger partial charge is 0.383 e. The number of amides is 3. The number of likely N-dealkylation sites (tertiary alicyclic amines) is 3. The van der Waals surface area contributed by atoms with E-state index in [4.69, 9.17) is 4.74 Å². The molecule has 3 fully saturated rings. The zero-order valence-electron chi connectivity index (χ0n) is 15.2. The molecular weight excluding hydrogens is 322 g/mol. The lowest BCUT2D eigenvalue weighted by Crippen LogP contribution is -2.56. The maximum atomic E-state index is 12.7. The molecule has 0 aromatic heterocycles. The van der Waals surface area contributed by atoms with E-state index in [1.807, 2.05) is 9.80 Å². The van der Waals surface area contributed by atoms with Crippen LogP contribution in [0.15, 0.2) is 0 Å². The summed E-state index contributed by atoms with van der Waals surface area (Å²) in [6.07, 6.45) is 4.83. The second-order valence-electron chi connectivity index (χ2n) is 7.65. The average molecular weight is 351 g/mol. The quantitative estimate of drug-likeness (QED) is 0.723. The molecule has 7 heteroatoms. The first-order valence-corrected chi connectivity index (χ1v) is 9.35. The van der Waals surface area contributed by atoms with E-state index >= 15 is 0 Å². The summed E-state index contributed by atoms with van der Waals surface area (Å²) in [5.41, 5.74) is 0.00454. The minimum atomic E-state index is 0.00454. The van der Waals surface area contributed by atoms with Crippen molar-refractivity contribution in [2.45, 2.75) is 38.5 Å². The van der Waals surface area contributed by atoms with Crippen LogP contribution in [-0.2, 0) is 19.1 Å². The minimum Gasteiger partial charge on any atom is -0.383 e. The van der Waals surface area contributed by atoms with E-state index < -0.39 is 0 Å². The van der Waals surface area contributed by atoms with Crippen molar-refractivity contribution in [1.82, 2.24) is 14.7 Å². The predicted octanol–water partition coefficient (Wildman–Crippen LogP) is 0.486. The first-order chi connectivity index (χ1) is 12.0. The molecule has 0 aromatic carbocycles. The molecule has 0 saturated carbocycles. The molecular formula is C18H29N3O4. The van der Waals surface area contributed by atoms with Gasteiger partial charge in [0.25, 0.3) is 0 Å². The summed E-state index contributed by atoms with van der Waals surface area (Å²) in [5.74, 6) is 0.331. The van der Waals surface area contributed by atoms with Crippen LogP contribution in [0.4, 0.5) is 0 Å². The molecule has 25 heavy (non-hydrogen) atoms. The SMILES string of the molecule is COCCN1C[C@]2(CCCN(C(=O)CN3CCCC3=O)C2)CCC1=O. The van der Waals surface area contributed by atoms with Gasteiger partial charge in [-0.15, -0.1) is 0 Å². The second kappa shape index (κ2) is 7.72.